The van der Waals surface area contributed by atoms with Crippen molar-refractivity contribution in [3.63, 3.8) is 0 Å². The first kappa shape index (κ1) is 11.7. The first-order valence-electron chi connectivity index (χ1n) is 6.17. The van der Waals surface area contributed by atoms with Crippen molar-refractivity contribution in [2.24, 2.45) is 0 Å². The molecule has 0 fully saturated rings. The molecule has 0 radical (unpaired) electrons. The van der Waals surface area contributed by atoms with Crippen molar-refractivity contribution < 1.29 is 0 Å². The Morgan fingerprint density at radius 1 is 1.24 bits per heavy atom. The fourth-order valence-electron chi connectivity index (χ4n) is 2.33. The van der Waals surface area contributed by atoms with Gasteiger partial charge in [-0.3, -0.25) is 0 Å². The second-order valence-corrected chi connectivity index (χ2v) is 4.66. The van der Waals surface area contributed by atoms with Crippen molar-refractivity contribution in [2.75, 3.05) is 0 Å². The highest BCUT2D eigenvalue weighted by Gasteiger charge is 2.11. The van der Waals surface area contributed by atoms with Gasteiger partial charge in [-0.15, -0.1) is 6.42 Å². The Bertz CT molecular complexity index is 585. The summed E-state index contributed by atoms with van der Waals surface area (Å²) in [6.07, 6.45) is 6.81. The van der Waals surface area contributed by atoms with Crippen LogP contribution in [0.4, 0.5) is 0 Å². The average molecular weight is 222 g/mol. The molecular formula is C17H18. The molecule has 0 amide bonds. The Morgan fingerprint density at radius 2 is 2.00 bits per heavy atom. The molecule has 1 atom stereocenters. The third-order valence-corrected chi connectivity index (χ3v) is 3.57. The molecule has 0 spiro atoms. The monoisotopic (exact) mass is 222 g/mol. The van der Waals surface area contributed by atoms with Crippen molar-refractivity contribution in [2.45, 2.75) is 33.1 Å². The minimum Gasteiger partial charge on any atom is -0.115 e. The number of hydrogen-bond acceptors (Lipinski definition) is 0. The molecule has 0 aliphatic heterocycles. The zero-order valence-electron chi connectivity index (χ0n) is 10.7. The van der Waals surface area contributed by atoms with Crippen LogP contribution in [0.3, 0.4) is 0 Å². The van der Waals surface area contributed by atoms with Gasteiger partial charge in [-0.1, -0.05) is 50.1 Å². The van der Waals surface area contributed by atoms with E-state index in [2.05, 4.69) is 57.0 Å². The van der Waals surface area contributed by atoms with E-state index in [0.717, 1.165) is 12.0 Å². The van der Waals surface area contributed by atoms with Gasteiger partial charge >= 0.3 is 0 Å². The van der Waals surface area contributed by atoms with Crippen LogP contribution in [-0.4, -0.2) is 0 Å². The third-order valence-electron chi connectivity index (χ3n) is 3.57. The van der Waals surface area contributed by atoms with Crippen LogP contribution in [-0.2, 0) is 0 Å². The van der Waals surface area contributed by atoms with E-state index < -0.39 is 0 Å². The van der Waals surface area contributed by atoms with Crippen LogP contribution in [0.5, 0.6) is 0 Å². The van der Waals surface area contributed by atoms with Gasteiger partial charge in [0.25, 0.3) is 0 Å². The highest BCUT2D eigenvalue weighted by molar-refractivity contribution is 5.92. The highest BCUT2D eigenvalue weighted by atomic mass is 14.1. The molecule has 0 saturated carbocycles. The molecule has 2 aromatic carbocycles. The van der Waals surface area contributed by atoms with Crippen molar-refractivity contribution in [1.82, 2.24) is 0 Å². The smallest absolute Gasteiger partial charge is 0.0353 e. The number of rotatable bonds is 2. The molecule has 2 aromatic rings. The SMILES string of the molecule is C#Cc1c(C)ccc2cccc(C(C)CC)c12. The van der Waals surface area contributed by atoms with Crippen LogP contribution >= 0.6 is 0 Å². The Kier molecular flexibility index (Phi) is 3.20. The van der Waals surface area contributed by atoms with E-state index in [-0.39, 0.29) is 0 Å². The van der Waals surface area contributed by atoms with Gasteiger partial charge < -0.3 is 0 Å². The molecule has 0 saturated heterocycles. The molecule has 0 heteroatoms. The number of terminal acetylenes is 1. The van der Waals surface area contributed by atoms with Crippen LogP contribution in [0, 0.1) is 19.3 Å². The van der Waals surface area contributed by atoms with Gasteiger partial charge in [-0.25, -0.2) is 0 Å². The van der Waals surface area contributed by atoms with E-state index in [1.165, 1.54) is 21.9 Å². The van der Waals surface area contributed by atoms with Gasteiger partial charge in [0.15, 0.2) is 0 Å². The topological polar surface area (TPSA) is 0 Å². The van der Waals surface area contributed by atoms with Crippen molar-refractivity contribution in [1.29, 1.82) is 0 Å². The quantitative estimate of drug-likeness (QED) is 0.649. The second kappa shape index (κ2) is 4.63. The van der Waals surface area contributed by atoms with E-state index >= 15 is 0 Å². The van der Waals surface area contributed by atoms with Gasteiger partial charge in [0.05, 0.1) is 0 Å². The van der Waals surface area contributed by atoms with Crippen LogP contribution < -0.4 is 0 Å². The third kappa shape index (κ3) is 1.94. The van der Waals surface area contributed by atoms with E-state index in [0.29, 0.717) is 5.92 Å². The van der Waals surface area contributed by atoms with Crippen LogP contribution in [0.2, 0.25) is 0 Å². The standard InChI is InChI=1S/C17H18/c1-5-12(3)16-9-7-8-14-11-10-13(4)15(6-2)17(14)16/h2,7-12H,5H2,1,3-4H3. The normalized spacial score (nSPS) is 12.4. The van der Waals surface area contributed by atoms with Gasteiger partial charge in [-0.05, 0) is 35.8 Å². The largest absolute Gasteiger partial charge is 0.115 e. The fourth-order valence-corrected chi connectivity index (χ4v) is 2.33. The van der Waals surface area contributed by atoms with Crippen LogP contribution in [0.25, 0.3) is 10.8 Å². The second-order valence-electron chi connectivity index (χ2n) is 4.66. The summed E-state index contributed by atoms with van der Waals surface area (Å²) in [5, 5.41) is 2.52. The predicted molar refractivity (Wildman–Crippen MR) is 75.3 cm³/mol. The summed E-state index contributed by atoms with van der Waals surface area (Å²) in [6, 6.07) is 10.7. The summed E-state index contributed by atoms with van der Waals surface area (Å²) in [5.41, 5.74) is 3.62. The van der Waals surface area contributed by atoms with E-state index in [1.54, 1.807) is 0 Å². The number of aryl methyl sites for hydroxylation is 1. The lowest BCUT2D eigenvalue weighted by Crippen LogP contribution is -1.96. The predicted octanol–water partition coefficient (Wildman–Crippen LogP) is 4.64. The molecule has 1 unspecified atom stereocenters. The zero-order valence-corrected chi connectivity index (χ0v) is 10.7. The molecule has 17 heavy (non-hydrogen) atoms. The summed E-state index contributed by atoms with van der Waals surface area (Å²) in [5.74, 6) is 3.41. The maximum Gasteiger partial charge on any atom is 0.0353 e. The van der Waals surface area contributed by atoms with E-state index in [4.69, 9.17) is 6.42 Å². The fraction of sp³-hybridized carbons (Fsp3) is 0.294. The lowest BCUT2D eigenvalue weighted by molar-refractivity contribution is 0.739. The molecule has 0 nitrogen and oxygen atoms in total. The summed E-state index contributed by atoms with van der Waals surface area (Å²) >= 11 is 0. The van der Waals surface area contributed by atoms with Gasteiger partial charge in [-0.2, -0.15) is 0 Å². The molecule has 0 heterocycles. The Labute approximate surface area is 104 Å². The number of fused-ring (bicyclic) bond motifs is 1. The lowest BCUT2D eigenvalue weighted by Gasteiger charge is -2.15. The van der Waals surface area contributed by atoms with E-state index in [1.807, 2.05) is 0 Å². The number of hydrogen-bond donors (Lipinski definition) is 0. The molecule has 0 aliphatic rings. The molecule has 0 aromatic heterocycles. The highest BCUT2D eigenvalue weighted by Crippen LogP contribution is 2.31. The molecular weight excluding hydrogens is 204 g/mol. The first-order valence-corrected chi connectivity index (χ1v) is 6.17. The van der Waals surface area contributed by atoms with Crippen LogP contribution in [0.1, 0.15) is 42.9 Å². The zero-order chi connectivity index (χ0) is 12.4. The van der Waals surface area contributed by atoms with Gasteiger partial charge in [0, 0.05) is 10.9 Å². The van der Waals surface area contributed by atoms with Crippen molar-refractivity contribution in [3.05, 3.63) is 47.0 Å². The van der Waals surface area contributed by atoms with Gasteiger partial charge in [0.2, 0.25) is 0 Å². The Hall–Kier alpha value is -1.74. The van der Waals surface area contributed by atoms with Crippen LogP contribution in [0.15, 0.2) is 30.3 Å². The number of benzene rings is 2. The lowest BCUT2D eigenvalue weighted by atomic mass is 9.89. The summed E-state index contributed by atoms with van der Waals surface area (Å²) in [7, 11) is 0. The van der Waals surface area contributed by atoms with E-state index in [9.17, 15) is 0 Å². The Balaban J connectivity index is 2.86. The van der Waals surface area contributed by atoms with Crippen molar-refractivity contribution >= 4 is 10.8 Å². The average Bonchev–Trinajstić information content (AvgIpc) is 2.37. The summed E-state index contributed by atoms with van der Waals surface area (Å²) in [6.45, 7) is 6.56. The Morgan fingerprint density at radius 3 is 2.65 bits per heavy atom. The molecule has 0 N–H and O–H groups in total. The minimum atomic E-state index is 0.549. The molecule has 86 valence electrons. The molecule has 2 rings (SSSR count). The first-order chi connectivity index (χ1) is 8.19. The molecule has 0 aliphatic carbocycles. The minimum absolute atomic E-state index is 0.549. The van der Waals surface area contributed by atoms with Gasteiger partial charge in [0.1, 0.15) is 0 Å². The summed E-state index contributed by atoms with van der Waals surface area (Å²) < 4.78 is 0. The van der Waals surface area contributed by atoms with Crippen molar-refractivity contribution in [3.8, 4) is 12.3 Å². The maximum absolute atomic E-state index is 5.68. The summed E-state index contributed by atoms with van der Waals surface area (Å²) in [4.78, 5) is 0. The maximum atomic E-state index is 5.68. The molecule has 0 bridgehead atoms.